The van der Waals surface area contributed by atoms with E-state index in [1.807, 2.05) is 6.07 Å². The summed E-state index contributed by atoms with van der Waals surface area (Å²) in [5.41, 5.74) is 4.14. The van der Waals surface area contributed by atoms with Crippen molar-refractivity contribution in [2.45, 2.75) is 39.5 Å². The van der Waals surface area contributed by atoms with Gasteiger partial charge in [-0.2, -0.15) is 0 Å². The molecule has 0 aliphatic heterocycles. The van der Waals surface area contributed by atoms with Gasteiger partial charge in [0.15, 0.2) is 0 Å². The Bertz CT molecular complexity index is 344. The largest absolute Gasteiger partial charge is 0.241 e. The molecule has 76 valence electrons. The monoisotopic (exact) mass is 209 g/mol. The van der Waals surface area contributed by atoms with Crippen molar-refractivity contribution in [2.75, 3.05) is 0 Å². The van der Waals surface area contributed by atoms with E-state index in [2.05, 4.69) is 18.8 Å². The lowest BCUT2D eigenvalue weighted by atomic mass is 10.0. The van der Waals surface area contributed by atoms with Crippen molar-refractivity contribution >= 4 is 11.6 Å². The zero-order valence-electron chi connectivity index (χ0n) is 8.81. The van der Waals surface area contributed by atoms with Crippen molar-refractivity contribution in [2.24, 2.45) is 5.92 Å². The Morgan fingerprint density at radius 1 is 1.43 bits per heavy atom. The van der Waals surface area contributed by atoms with E-state index in [1.54, 1.807) is 0 Å². The molecule has 0 fully saturated rings. The third-order valence-electron chi connectivity index (χ3n) is 2.75. The van der Waals surface area contributed by atoms with Gasteiger partial charge in [0.05, 0.1) is 0 Å². The SMILES string of the molecule is CC(C)Cc1nc(Cl)cc2c1CCC2. The van der Waals surface area contributed by atoms with Crippen molar-refractivity contribution in [3.05, 3.63) is 28.0 Å². The highest BCUT2D eigenvalue weighted by Crippen LogP contribution is 2.27. The average molecular weight is 210 g/mol. The van der Waals surface area contributed by atoms with Crippen LogP contribution in [-0.4, -0.2) is 4.98 Å². The summed E-state index contributed by atoms with van der Waals surface area (Å²) in [5, 5.41) is 0.668. The third kappa shape index (κ3) is 1.93. The molecule has 1 aromatic heterocycles. The topological polar surface area (TPSA) is 12.9 Å². The molecule has 0 saturated carbocycles. The second-order valence-corrected chi connectivity index (χ2v) is 4.87. The number of aryl methyl sites for hydroxylation is 1. The lowest BCUT2D eigenvalue weighted by Gasteiger charge is -2.10. The number of pyridine rings is 1. The summed E-state index contributed by atoms with van der Waals surface area (Å²) in [7, 11) is 0. The Hall–Kier alpha value is -0.560. The average Bonchev–Trinajstić information content (AvgIpc) is 2.50. The molecule has 0 saturated heterocycles. The maximum atomic E-state index is 6.00. The van der Waals surface area contributed by atoms with Crippen LogP contribution < -0.4 is 0 Å². The fourth-order valence-corrected chi connectivity index (χ4v) is 2.42. The van der Waals surface area contributed by atoms with E-state index in [1.165, 1.54) is 36.1 Å². The minimum Gasteiger partial charge on any atom is -0.241 e. The molecule has 2 heteroatoms. The number of halogens is 1. The lowest BCUT2D eigenvalue weighted by Crippen LogP contribution is -2.02. The molecule has 1 nitrogen and oxygen atoms in total. The maximum Gasteiger partial charge on any atom is 0.129 e. The van der Waals surface area contributed by atoms with Gasteiger partial charge in [0.1, 0.15) is 5.15 Å². The Labute approximate surface area is 90.5 Å². The number of nitrogens with zero attached hydrogens (tertiary/aromatic N) is 1. The van der Waals surface area contributed by atoms with Gasteiger partial charge in [0.25, 0.3) is 0 Å². The third-order valence-corrected chi connectivity index (χ3v) is 2.94. The molecule has 0 radical (unpaired) electrons. The van der Waals surface area contributed by atoms with E-state index >= 15 is 0 Å². The molecular formula is C12H16ClN. The predicted octanol–water partition coefficient (Wildman–Crippen LogP) is 3.42. The lowest BCUT2D eigenvalue weighted by molar-refractivity contribution is 0.630. The van der Waals surface area contributed by atoms with Crippen LogP contribution >= 0.6 is 11.6 Å². The minimum absolute atomic E-state index is 0.658. The first kappa shape index (κ1) is 9.97. The minimum atomic E-state index is 0.658. The van der Waals surface area contributed by atoms with Gasteiger partial charge in [-0.1, -0.05) is 25.4 Å². The molecule has 14 heavy (non-hydrogen) atoms. The quantitative estimate of drug-likeness (QED) is 0.681. The van der Waals surface area contributed by atoms with Crippen LogP contribution in [0.1, 0.15) is 37.1 Å². The summed E-state index contributed by atoms with van der Waals surface area (Å²) in [4.78, 5) is 4.45. The zero-order chi connectivity index (χ0) is 10.1. The van der Waals surface area contributed by atoms with Crippen LogP contribution in [-0.2, 0) is 19.3 Å². The molecule has 0 amide bonds. The maximum absolute atomic E-state index is 6.00. The van der Waals surface area contributed by atoms with Crippen LogP contribution in [0.2, 0.25) is 5.15 Å². The Balaban J connectivity index is 2.38. The van der Waals surface area contributed by atoms with Crippen molar-refractivity contribution in [1.29, 1.82) is 0 Å². The van der Waals surface area contributed by atoms with Gasteiger partial charge in [-0.05, 0) is 48.8 Å². The van der Waals surface area contributed by atoms with E-state index in [0.717, 1.165) is 6.42 Å². The second-order valence-electron chi connectivity index (χ2n) is 4.48. The van der Waals surface area contributed by atoms with Crippen LogP contribution in [0.25, 0.3) is 0 Å². The summed E-state index contributed by atoms with van der Waals surface area (Å²) in [6.45, 7) is 4.45. The molecular weight excluding hydrogens is 194 g/mol. The molecule has 0 spiro atoms. The van der Waals surface area contributed by atoms with Gasteiger partial charge >= 0.3 is 0 Å². The van der Waals surface area contributed by atoms with Crippen LogP contribution in [0, 0.1) is 5.92 Å². The van der Waals surface area contributed by atoms with E-state index < -0.39 is 0 Å². The first-order valence-corrected chi connectivity index (χ1v) is 5.72. The first-order chi connectivity index (χ1) is 6.66. The number of hydrogen-bond donors (Lipinski definition) is 0. The Morgan fingerprint density at radius 3 is 2.93 bits per heavy atom. The summed E-state index contributed by atoms with van der Waals surface area (Å²) < 4.78 is 0. The van der Waals surface area contributed by atoms with Crippen LogP contribution in [0.5, 0.6) is 0 Å². The molecule has 0 atom stereocenters. The van der Waals surface area contributed by atoms with Gasteiger partial charge in [-0.3, -0.25) is 0 Å². The van der Waals surface area contributed by atoms with E-state index in [9.17, 15) is 0 Å². The molecule has 1 aliphatic carbocycles. The number of hydrogen-bond acceptors (Lipinski definition) is 1. The van der Waals surface area contributed by atoms with Crippen molar-refractivity contribution in [1.82, 2.24) is 4.98 Å². The molecule has 1 aromatic rings. The number of aromatic nitrogens is 1. The van der Waals surface area contributed by atoms with Crippen molar-refractivity contribution < 1.29 is 0 Å². The standard InChI is InChI=1S/C12H16ClN/c1-8(2)6-11-10-5-3-4-9(10)7-12(13)14-11/h7-8H,3-6H2,1-2H3. The van der Waals surface area contributed by atoms with Crippen molar-refractivity contribution in [3.8, 4) is 0 Å². The Kier molecular flexibility index (Phi) is 2.78. The highest BCUT2D eigenvalue weighted by Gasteiger charge is 2.17. The highest BCUT2D eigenvalue weighted by molar-refractivity contribution is 6.29. The van der Waals surface area contributed by atoms with Crippen molar-refractivity contribution in [3.63, 3.8) is 0 Å². The Morgan fingerprint density at radius 2 is 2.21 bits per heavy atom. The van der Waals surface area contributed by atoms with Gasteiger partial charge in [0, 0.05) is 5.69 Å². The van der Waals surface area contributed by atoms with Gasteiger partial charge in [0.2, 0.25) is 0 Å². The molecule has 1 heterocycles. The van der Waals surface area contributed by atoms with E-state index in [4.69, 9.17) is 11.6 Å². The fraction of sp³-hybridized carbons (Fsp3) is 0.583. The predicted molar refractivity (Wildman–Crippen MR) is 59.8 cm³/mol. The summed E-state index contributed by atoms with van der Waals surface area (Å²) in [5.74, 6) is 0.658. The smallest absolute Gasteiger partial charge is 0.129 e. The van der Waals surface area contributed by atoms with Gasteiger partial charge in [-0.25, -0.2) is 4.98 Å². The number of fused-ring (bicyclic) bond motifs is 1. The first-order valence-electron chi connectivity index (χ1n) is 5.34. The molecule has 0 N–H and O–H groups in total. The molecule has 0 bridgehead atoms. The highest BCUT2D eigenvalue weighted by atomic mass is 35.5. The fourth-order valence-electron chi connectivity index (χ4n) is 2.18. The molecule has 2 rings (SSSR count). The number of rotatable bonds is 2. The van der Waals surface area contributed by atoms with Gasteiger partial charge in [-0.15, -0.1) is 0 Å². The molecule has 0 unspecified atom stereocenters. The van der Waals surface area contributed by atoms with Crippen LogP contribution in [0.3, 0.4) is 0 Å². The normalized spacial score (nSPS) is 14.9. The zero-order valence-corrected chi connectivity index (χ0v) is 9.56. The second kappa shape index (κ2) is 3.90. The summed E-state index contributed by atoms with van der Waals surface area (Å²) in [6, 6.07) is 2.04. The van der Waals surface area contributed by atoms with Crippen LogP contribution in [0.15, 0.2) is 6.07 Å². The summed E-state index contributed by atoms with van der Waals surface area (Å²) in [6.07, 6.45) is 4.70. The van der Waals surface area contributed by atoms with Crippen LogP contribution in [0.4, 0.5) is 0 Å². The molecule has 1 aliphatic rings. The van der Waals surface area contributed by atoms with E-state index in [0.29, 0.717) is 11.1 Å². The van der Waals surface area contributed by atoms with Gasteiger partial charge < -0.3 is 0 Å². The van der Waals surface area contributed by atoms with E-state index in [-0.39, 0.29) is 0 Å². The summed E-state index contributed by atoms with van der Waals surface area (Å²) >= 11 is 6.00. The molecule has 0 aromatic carbocycles.